The molecule has 3 amide bonds. The fourth-order valence-electron chi connectivity index (χ4n) is 2.85. The molecule has 0 spiro atoms. The van der Waals surface area contributed by atoms with E-state index in [1.807, 2.05) is 24.3 Å². The third kappa shape index (κ3) is 6.04. The topological polar surface area (TPSA) is 180 Å². The Labute approximate surface area is 167 Å². The van der Waals surface area contributed by atoms with Crippen molar-refractivity contribution in [1.29, 1.82) is 0 Å². The van der Waals surface area contributed by atoms with E-state index in [4.69, 9.17) is 11.5 Å². The molecule has 29 heavy (non-hydrogen) atoms. The summed E-state index contributed by atoms with van der Waals surface area (Å²) in [4.78, 5) is 50.3. The second-order valence-corrected chi connectivity index (χ2v) is 6.82. The average molecular weight is 403 g/mol. The van der Waals surface area contributed by atoms with Crippen LogP contribution in [0.25, 0.3) is 10.9 Å². The number of nitrogens with one attached hydrogen (secondary N) is 3. The maximum atomic E-state index is 12.8. The number of hydrogen-bond acceptors (Lipinski definition) is 5. The quantitative estimate of drug-likeness (QED) is 0.307. The lowest BCUT2D eigenvalue weighted by atomic mass is 10.0. The molecule has 0 unspecified atom stereocenters. The van der Waals surface area contributed by atoms with Crippen molar-refractivity contribution in [2.45, 2.75) is 44.3 Å². The molecule has 2 rings (SSSR count). The van der Waals surface area contributed by atoms with Crippen molar-refractivity contribution in [2.75, 3.05) is 0 Å². The number of benzene rings is 1. The molecule has 1 aromatic heterocycles. The SMILES string of the molecule is C[C@H](N)C(=O)N[C@@H](Cc1c[nH]c2ccccc12)C(=O)N[C@@H](CCC(N)=O)C(=O)O. The number of primary amides is 1. The lowest BCUT2D eigenvalue weighted by Crippen LogP contribution is -2.54. The first-order valence-electron chi connectivity index (χ1n) is 9.11. The van der Waals surface area contributed by atoms with Crippen LogP contribution in [0.3, 0.4) is 0 Å². The first-order valence-corrected chi connectivity index (χ1v) is 9.11. The van der Waals surface area contributed by atoms with Crippen molar-refractivity contribution in [1.82, 2.24) is 15.6 Å². The van der Waals surface area contributed by atoms with E-state index in [-0.39, 0.29) is 19.3 Å². The van der Waals surface area contributed by atoms with E-state index in [0.717, 1.165) is 16.5 Å². The van der Waals surface area contributed by atoms with Gasteiger partial charge in [-0.1, -0.05) is 18.2 Å². The normalized spacial score (nSPS) is 14.0. The van der Waals surface area contributed by atoms with Gasteiger partial charge >= 0.3 is 5.97 Å². The summed E-state index contributed by atoms with van der Waals surface area (Å²) in [6.07, 6.45) is 1.50. The van der Waals surface area contributed by atoms with Crippen LogP contribution in [0, 0.1) is 0 Å². The molecule has 0 radical (unpaired) electrons. The van der Waals surface area contributed by atoms with Crippen LogP contribution in [-0.2, 0) is 25.6 Å². The first-order chi connectivity index (χ1) is 13.7. The molecule has 0 saturated carbocycles. The van der Waals surface area contributed by atoms with Gasteiger partial charge in [0.1, 0.15) is 12.1 Å². The molecule has 8 N–H and O–H groups in total. The van der Waals surface area contributed by atoms with Crippen LogP contribution < -0.4 is 22.1 Å². The van der Waals surface area contributed by atoms with Crippen LogP contribution in [-0.4, -0.2) is 51.9 Å². The van der Waals surface area contributed by atoms with Gasteiger partial charge < -0.3 is 32.2 Å². The van der Waals surface area contributed by atoms with E-state index in [1.54, 1.807) is 6.20 Å². The summed E-state index contributed by atoms with van der Waals surface area (Å²) in [5.41, 5.74) is 12.3. The van der Waals surface area contributed by atoms with Crippen LogP contribution in [0.15, 0.2) is 30.5 Å². The van der Waals surface area contributed by atoms with Crippen LogP contribution in [0.2, 0.25) is 0 Å². The molecule has 0 bridgehead atoms. The van der Waals surface area contributed by atoms with Crippen LogP contribution >= 0.6 is 0 Å². The van der Waals surface area contributed by atoms with Gasteiger partial charge in [0.2, 0.25) is 17.7 Å². The van der Waals surface area contributed by atoms with Crippen molar-refractivity contribution in [2.24, 2.45) is 11.5 Å². The van der Waals surface area contributed by atoms with Crippen LogP contribution in [0.5, 0.6) is 0 Å². The summed E-state index contributed by atoms with van der Waals surface area (Å²) in [5.74, 6) is -3.22. The summed E-state index contributed by atoms with van der Waals surface area (Å²) < 4.78 is 0. The number of nitrogens with two attached hydrogens (primary N) is 2. The zero-order valence-electron chi connectivity index (χ0n) is 16.0. The number of carboxylic acid groups (broad SMARTS) is 1. The van der Waals surface area contributed by atoms with Crippen LogP contribution in [0.4, 0.5) is 0 Å². The number of carboxylic acids is 1. The number of hydrogen-bond donors (Lipinski definition) is 6. The summed E-state index contributed by atoms with van der Waals surface area (Å²) in [6.45, 7) is 1.48. The largest absolute Gasteiger partial charge is 0.480 e. The van der Waals surface area contributed by atoms with Crippen molar-refractivity contribution in [3.8, 4) is 0 Å². The predicted molar refractivity (Wildman–Crippen MR) is 106 cm³/mol. The number of carbonyl (C=O) groups is 4. The lowest BCUT2D eigenvalue weighted by molar-refractivity contribution is -0.142. The number of rotatable bonds is 10. The number of aromatic nitrogens is 1. The van der Waals surface area contributed by atoms with E-state index < -0.39 is 41.8 Å². The summed E-state index contributed by atoms with van der Waals surface area (Å²) >= 11 is 0. The molecule has 10 heteroatoms. The van der Waals surface area contributed by atoms with Gasteiger partial charge in [0.15, 0.2) is 0 Å². The van der Waals surface area contributed by atoms with Gasteiger partial charge in [0.25, 0.3) is 0 Å². The number of para-hydroxylation sites is 1. The van der Waals surface area contributed by atoms with Crippen LogP contribution in [0.1, 0.15) is 25.3 Å². The van der Waals surface area contributed by atoms with Gasteiger partial charge in [0, 0.05) is 29.9 Å². The van der Waals surface area contributed by atoms with Gasteiger partial charge in [-0.25, -0.2) is 4.79 Å². The van der Waals surface area contributed by atoms with E-state index in [1.165, 1.54) is 6.92 Å². The fraction of sp³-hybridized carbons (Fsp3) is 0.368. The third-order valence-electron chi connectivity index (χ3n) is 4.44. The van der Waals surface area contributed by atoms with Crippen molar-refractivity contribution >= 4 is 34.6 Å². The number of aromatic amines is 1. The number of H-pyrrole nitrogens is 1. The molecule has 1 heterocycles. The van der Waals surface area contributed by atoms with Crippen molar-refractivity contribution in [3.05, 3.63) is 36.0 Å². The molecule has 0 aliphatic heterocycles. The molecule has 0 aliphatic carbocycles. The number of amides is 3. The lowest BCUT2D eigenvalue weighted by Gasteiger charge is -2.22. The average Bonchev–Trinajstić information content (AvgIpc) is 3.06. The van der Waals surface area contributed by atoms with E-state index in [9.17, 15) is 24.3 Å². The highest BCUT2D eigenvalue weighted by atomic mass is 16.4. The second kappa shape index (κ2) is 9.69. The zero-order chi connectivity index (χ0) is 21.6. The van der Waals surface area contributed by atoms with Crippen molar-refractivity contribution in [3.63, 3.8) is 0 Å². The molecular formula is C19H25N5O5. The van der Waals surface area contributed by atoms with Gasteiger partial charge in [-0.15, -0.1) is 0 Å². The van der Waals surface area contributed by atoms with Crippen molar-refractivity contribution < 1.29 is 24.3 Å². The molecule has 0 saturated heterocycles. The van der Waals surface area contributed by atoms with E-state index in [0.29, 0.717) is 0 Å². The molecule has 0 fully saturated rings. The Bertz CT molecular complexity index is 907. The summed E-state index contributed by atoms with van der Waals surface area (Å²) in [7, 11) is 0. The molecule has 10 nitrogen and oxygen atoms in total. The Kier molecular flexibility index (Phi) is 7.32. The number of carbonyl (C=O) groups excluding carboxylic acids is 3. The van der Waals surface area contributed by atoms with Gasteiger partial charge in [-0.3, -0.25) is 14.4 Å². The smallest absolute Gasteiger partial charge is 0.326 e. The molecule has 0 aliphatic rings. The monoisotopic (exact) mass is 403 g/mol. The summed E-state index contributed by atoms with van der Waals surface area (Å²) in [5, 5.41) is 15.1. The highest BCUT2D eigenvalue weighted by molar-refractivity contribution is 5.93. The Morgan fingerprint density at radius 1 is 1.10 bits per heavy atom. The molecule has 156 valence electrons. The van der Waals surface area contributed by atoms with Gasteiger partial charge in [-0.2, -0.15) is 0 Å². The highest BCUT2D eigenvalue weighted by Gasteiger charge is 2.28. The van der Waals surface area contributed by atoms with Gasteiger partial charge in [0.05, 0.1) is 6.04 Å². The van der Waals surface area contributed by atoms with Gasteiger partial charge in [-0.05, 0) is 25.0 Å². The fourth-order valence-corrected chi connectivity index (χ4v) is 2.85. The number of fused-ring (bicyclic) bond motifs is 1. The molecule has 2 aromatic rings. The second-order valence-electron chi connectivity index (χ2n) is 6.82. The first kappa shape index (κ1) is 21.9. The summed E-state index contributed by atoms with van der Waals surface area (Å²) in [6, 6.07) is 4.24. The molecular weight excluding hydrogens is 378 g/mol. The molecule has 1 aromatic carbocycles. The minimum absolute atomic E-state index is 0.121. The Hall–Kier alpha value is -3.40. The Balaban J connectivity index is 2.21. The predicted octanol–water partition coefficient (Wildman–Crippen LogP) is -0.623. The minimum Gasteiger partial charge on any atom is -0.480 e. The molecule has 3 atom stereocenters. The number of aliphatic carboxylic acids is 1. The third-order valence-corrected chi connectivity index (χ3v) is 4.44. The Morgan fingerprint density at radius 3 is 2.38 bits per heavy atom. The standard InChI is InChI=1S/C19H25N5O5/c1-10(20)17(26)24-15(8-11-9-22-13-5-3-2-4-12(11)13)18(27)23-14(19(28)29)6-7-16(21)25/h2-5,9-10,14-15,22H,6-8,20H2,1H3,(H2,21,25)(H,23,27)(H,24,26)(H,28,29)/t10-,14-,15-/m0/s1. The van der Waals surface area contributed by atoms with E-state index in [2.05, 4.69) is 15.6 Å². The van der Waals surface area contributed by atoms with E-state index >= 15 is 0 Å². The maximum Gasteiger partial charge on any atom is 0.326 e. The highest BCUT2D eigenvalue weighted by Crippen LogP contribution is 2.19. The Morgan fingerprint density at radius 2 is 1.76 bits per heavy atom. The minimum atomic E-state index is -1.31. The maximum absolute atomic E-state index is 12.8. The zero-order valence-corrected chi connectivity index (χ0v) is 16.0.